The first-order valence-electron chi connectivity index (χ1n) is 9.03. The first-order valence-corrected chi connectivity index (χ1v) is 9.91. The fourth-order valence-electron chi connectivity index (χ4n) is 3.60. The van der Waals surface area contributed by atoms with Gasteiger partial charge in [0, 0.05) is 30.6 Å². The molecule has 146 valence electrons. The number of benzene rings is 2. The molecule has 0 radical (unpaired) electrons. The number of nitrogens with one attached hydrogen (secondary N) is 1. The minimum Gasteiger partial charge on any atom is -0.381 e. The molecule has 6 heteroatoms. The molecule has 2 aromatic carbocycles. The van der Waals surface area contributed by atoms with Crippen molar-refractivity contribution in [2.45, 2.75) is 25.9 Å². The van der Waals surface area contributed by atoms with Gasteiger partial charge in [0.15, 0.2) is 0 Å². The minimum atomic E-state index is -0.224. The fourth-order valence-corrected chi connectivity index (χ4v) is 4.51. The smallest absolute Gasteiger partial charge is 0.220 e. The molecule has 2 heterocycles. The van der Waals surface area contributed by atoms with Gasteiger partial charge >= 0.3 is 0 Å². The maximum absolute atomic E-state index is 13.0. The molecule has 0 fully saturated rings. The summed E-state index contributed by atoms with van der Waals surface area (Å²) in [6, 6.07) is 16.9. The normalized spacial score (nSPS) is 15.5. The van der Waals surface area contributed by atoms with Gasteiger partial charge in [0.1, 0.15) is 5.82 Å². The summed E-state index contributed by atoms with van der Waals surface area (Å²) in [7, 11) is 0. The van der Waals surface area contributed by atoms with Crippen LogP contribution in [0.25, 0.3) is 0 Å². The third-order valence-electron chi connectivity index (χ3n) is 5.01. The number of carbonyl (C=O) groups is 1. The van der Waals surface area contributed by atoms with Crippen molar-refractivity contribution in [3.8, 4) is 0 Å². The van der Waals surface area contributed by atoms with Gasteiger partial charge in [-0.3, -0.25) is 4.79 Å². The highest BCUT2D eigenvalue weighted by atomic mass is 35.5. The van der Waals surface area contributed by atoms with E-state index >= 15 is 0 Å². The maximum Gasteiger partial charge on any atom is 0.220 e. The molecule has 28 heavy (non-hydrogen) atoms. The monoisotopic (exact) mass is 416 g/mol. The van der Waals surface area contributed by atoms with Crippen LogP contribution in [-0.2, 0) is 17.8 Å². The zero-order chi connectivity index (χ0) is 18.8. The van der Waals surface area contributed by atoms with Gasteiger partial charge in [-0.1, -0.05) is 24.3 Å². The van der Waals surface area contributed by atoms with E-state index in [0.717, 1.165) is 29.8 Å². The Labute approximate surface area is 174 Å². The second-order valence-corrected chi connectivity index (χ2v) is 7.77. The van der Waals surface area contributed by atoms with Crippen LogP contribution < -0.4 is 5.32 Å². The molecule has 1 N–H and O–H groups in total. The topological polar surface area (TPSA) is 32.3 Å². The van der Waals surface area contributed by atoms with Crippen molar-refractivity contribution in [1.82, 2.24) is 4.90 Å². The summed E-state index contributed by atoms with van der Waals surface area (Å²) in [5.74, 6) is -0.117. The Hall–Kier alpha value is -2.37. The summed E-state index contributed by atoms with van der Waals surface area (Å²) in [5.41, 5.74) is 4.39. The van der Waals surface area contributed by atoms with E-state index in [0.29, 0.717) is 6.54 Å². The van der Waals surface area contributed by atoms with Crippen LogP contribution in [0.15, 0.2) is 60.0 Å². The number of fused-ring (bicyclic) bond motifs is 1. The molecule has 1 unspecified atom stereocenters. The number of hydrogen-bond acceptors (Lipinski definition) is 3. The van der Waals surface area contributed by atoms with Crippen molar-refractivity contribution in [3.05, 3.63) is 87.4 Å². The number of nitrogens with zero attached hydrogens (tertiary/aromatic N) is 1. The molecule has 3 nitrogen and oxygen atoms in total. The van der Waals surface area contributed by atoms with E-state index in [1.807, 2.05) is 17.0 Å². The fraction of sp³-hybridized carbons (Fsp3) is 0.227. The number of anilines is 1. The van der Waals surface area contributed by atoms with Crippen LogP contribution >= 0.6 is 23.7 Å². The van der Waals surface area contributed by atoms with E-state index < -0.39 is 0 Å². The third-order valence-corrected chi connectivity index (χ3v) is 6.00. The second-order valence-electron chi connectivity index (χ2n) is 6.77. The number of amides is 1. The average Bonchev–Trinajstić information content (AvgIpc) is 3.16. The summed E-state index contributed by atoms with van der Waals surface area (Å²) in [5, 5.41) is 5.47. The molecule has 1 aliphatic heterocycles. The standard InChI is InChI=1S/C22H21FN2OS.ClH/c1-15(26)25-12-10-21-20(11-13-27-21)22(25)17-4-8-19(9-5-17)24-14-16-2-6-18(23)7-3-16;/h2-9,11,13,22,24H,10,12,14H2,1H3;1H. The molecule has 1 aromatic heterocycles. The van der Waals surface area contributed by atoms with Crippen LogP contribution in [0.2, 0.25) is 0 Å². The molecule has 0 aliphatic carbocycles. The molecular weight excluding hydrogens is 395 g/mol. The largest absolute Gasteiger partial charge is 0.381 e. The lowest BCUT2D eigenvalue weighted by Gasteiger charge is -2.35. The second kappa shape index (κ2) is 8.76. The van der Waals surface area contributed by atoms with E-state index in [-0.39, 0.29) is 30.2 Å². The average molecular weight is 417 g/mol. The van der Waals surface area contributed by atoms with Crippen LogP contribution in [-0.4, -0.2) is 17.4 Å². The SMILES string of the molecule is CC(=O)N1CCc2sccc2C1c1ccc(NCc2ccc(F)cc2)cc1.Cl. The number of hydrogen-bond donors (Lipinski definition) is 1. The predicted molar refractivity (Wildman–Crippen MR) is 115 cm³/mol. The lowest BCUT2D eigenvalue weighted by atomic mass is 9.93. The molecular formula is C22H22ClFN2OS. The Balaban J connectivity index is 0.00000225. The van der Waals surface area contributed by atoms with Gasteiger partial charge in [0.05, 0.1) is 6.04 Å². The molecule has 3 aromatic rings. The van der Waals surface area contributed by atoms with Crippen molar-refractivity contribution < 1.29 is 9.18 Å². The lowest BCUT2D eigenvalue weighted by molar-refractivity contribution is -0.130. The Bertz CT molecular complexity index is 940. The lowest BCUT2D eigenvalue weighted by Crippen LogP contribution is -2.38. The zero-order valence-corrected chi connectivity index (χ0v) is 17.2. The number of carbonyl (C=O) groups excluding carboxylic acids is 1. The van der Waals surface area contributed by atoms with Crippen molar-refractivity contribution >= 4 is 35.3 Å². The summed E-state index contributed by atoms with van der Waals surface area (Å²) >= 11 is 1.77. The van der Waals surface area contributed by atoms with Crippen molar-refractivity contribution in [1.29, 1.82) is 0 Å². The van der Waals surface area contributed by atoms with Crippen molar-refractivity contribution in [2.24, 2.45) is 0 Å². The molecule has 4 rings (SSSR count). The Morgan fingerprint density at radius 2 is 1.86 bits per heavy atom. The highest BCUT2D eigenvalue weighted by Crippen LogP contribution is 2.38. The number of thiophene rings is 1. The van der Waals surface area contributed by atoms with Crippen molar-refractivity contribution in [2.75, 3.05) is 11.9 Å². The van der Waals surface area contributed by atoms with Gasteiger partial charge in [-0.25, -0.2) is 4.39 Å². The first kappa shape index (κ1) is 20.4. The van der Waals surface area contributed by atoms with Crippen LogP contribution in [0, 0.1) is 5.82 Å². The van der Waals surface area contributed by atoms with E-state index in [1.165, 1.54) is 22.6 Å². The van der Waals surface area contributed by atoms with Crippen LogP contribution in [0.3, 0.4) is 0 Å². The van der Waals surface area contributed by atoms with Gasteiger partial charge in [-0.2, -0.15) is 0 Å². The Kier molecular flexibility index (Phi) is 6.37. The first-order chi connectivity index (χ1) is 13.1. The maximum atomic E-state index is 13.0. The molecule has 0 saturated heterocycles. The summed E-state index contributed by atoms with van der Waals surface area (Å²) in [6.07, 6.45) is 0.931. The molecule has 1 atom stereocenters. The number of halogens is 2. The highest BCUT2D eigenvalue weighted by Gasteiger charge is 2.31. The predicted octanol–water partition coefficient (Wildman–Crippen LogP) is 5.42. The number of rotatable bonds is 4. The van der Waals surface area contributed by atoms with Gasteiger partial charge in [-0.05, 0) is 58.8 Å². The Morgan fingerprint density at radius 1 is 1.14 bits per heavy atom. The molecule has 0 bridgehead atoms. The summed E-state index contributed by atoms with van der Waals surface area (Å²) in [4.78, 5) is 15.5. The zero-order valence-electron chi connectivity index (χ0n) is 15.5. The van der Waals surface area contributed by atoms with Gasteiger partial charge in [-0.15, -0.1) is 23.7 Å². The van der Waals surface area contributed by atoms with E-state index in [9.17, 15) is 9.18 Å². The molecule has 1 amide bonds. The van der Waals surface area contributed by atoms with E-state index in [1.54, 1.807) is 30.4 Å². The third kappa shape index (κ3) is 4.21. The van der Waals surface area contributed by atoms with Gasteiger partial charge in [0.2, 0.25) is 5.91 Å². The van der Waals surface area contributed by atoms with E-state index in [2.05, 4.69) is 28.9 Å². The molecule has 0 spiro atoms. The van der Waals surface area contributed by atoms with Crippen LogP contribution in [0.1, 0.15) is 34.5 Å². The highest BCUT2D eigenvalue weighted by molar-refractivity contribution is 7.10. The summed E-state index contributed by atoms with van der Waals surface area (Å²) < 4.78 is 13.0. The molecule has 1 aliphatic rings. The van der Waals surface area contributed by atoms with Crippen LogP contribution in [0.4, 0.5) is 10.1 Å². The summed E-state index contributed by atoms with van der Waals surface area (Å²) in [6.45, 7) is 3.04. The van der Waals surface area contributed by atoms with Crippen molar-refractivity contribution in [3.63, 3.8) is 0 Å². The van der Waals surface area contributed by atoms with Gasteiger partial charge in [0.25, 0.3) is 0 Å². The quantitative estimate of drug-likeness (QED) is 0.616. The Morgan fingerprint density at radius 3 is 2.54 bits per heavy atom. The van der Waals surface area contributed by atoms with Gasteiger partial charge < -0.3 is 10.2 Å². The molecule has 0 saturated carbocycles. The van der Waals surface area contributed by atoms with Crippen LogP contribution in [0.5, 0.6) is 0 Å². The minimum absolute atomic E-state index is 0. The van der Waals surface area contributed by atoms with E-state index in [4.69, 9.17) is 0 Å².